The maximum atomic E-state index is 14.4. The first kappa shape index (κ1) is 23.8. The highest BCUT2D eigenvalue weighted by atomic mass is 127. The summed E-state index contributed by atoms with van der Waals surface area (Å²) in [5.41, 5.74) is 0.749. The quantitative estimate of drug-likeness (QED) is 0.278. The maximum absolute atomic E-state index is 14.4. The van der Waals surface area contributed by atoms with Gasteiger partial charge in [-0.3, -0.25) is 14.8 Å². The number of methoxy groups -OCH3 is 1. The number of guanidine groups is 1. The van der Waals surface area contributed by atoms with Gasteiger partial charge in [0.25, 0.3) is 0 Å². The van der Waals surface area contributed by atoms with Crippen molar-refractivity contribution in [1.29, 1.82) is 0 Å². The molecule has 1 fully saturated rings. The predicted octanol–water partition coefficient (Wildman–Crippen LogP) is 3.45. The summed E-state index contributed by atoms with van der Waals surface area (Å²) in [7, 11) is 3.09. The summed E-state index contributed by atoms with van der Waals surface area (Å²) in [4.78, 5) is 22.1. The molecule has 0 spiro atoms. The van der Waals surface area contributed by atoms with E-state index in [9.17, 15) is 9.18 Å². The zero-order valence-corrected chi connectivity index (χ0v) is 19.5. The Labute approximate surface area is 192 Å². The van der Waals surface area contributed by atoms with Crippen LogP contribution in [0.25, 0.3) is 0 Å². The van der Waals surface area contributed by atoms with Gasteiger partial charge in [-0.25, -0.2) is 4.39 Å². The van der Waals surface area contributed by atoms with E-state index in [1.807, 2.05) is 11.8 Å². The Kier molecular flexibility index (Phi) is 8.82. The number of carbonyl (C=O) groups excluding carboxylic acids is 1. The lowest BCUT2D eigenvalue weighted by Gasteiger charge is -2.21. The minimum Gasteiger partial charge on any atom is -0.469 e. The van der Waals surface area contributed by atoms with Gasteiger partial charge < -0.3 is 19.7 Å². The number of nitrogens with zero attached hydrogens (tertiary/aromatic N) is 3. The van der Waals surface area contributed by atoms with Gasteiger partial charge in [-0.2, -0.15) is 0 Å². The lowest BCUT2D eigenvalue weighted by molar-refractivity contribution is -0.145. The first-order valence-electron chi connectivity index (χ1n) is 9.41. The van der Waals surface area contributed by atoms with E-state index in [2.05, 4.69) is 15.3 Å². The Hall–Kier alpha value is -2.43. The lowest BCUT2D eigenvalue weighted by atomic mass is 9.99. The largest absolute Gasteiger partial charge is 0.469 e. The molecule has 2 aromatic rings. The van der Waals surface area contributed by atoms with Crippen molar-refractivity contribution in [3.8, 4) is 11.5 Å². The molecular formula is C21H26FIN4O3. The molecule has 1 aromatic carbocycles. The van der Waals surface area contributed by atoms with E-state index in [1.165, 1.54) is 19.4 Å². The predicted molar refractivity (Wildman–Crippen MR) is 123 cm³/mol. The van der Waals surface area contributed by atoms with Crippen molar-refractivity contribution < 1.29 is 18.7 Å². The standard InChI is InChI=1S/C21H25FN4O3.HI/c1-14-12-26(13-17(14)20(27)28-3)21(23-2)25-10-15-6-7-19(18(22)9-15)29-16-5-4-8-24-11-16;/h4-9,11,14,17H,10,12-13H2,1-3H3,(H,23,25);1H. The Balaban J connectivity index is 0.00000320. The van der Waals surface area contributed by atoms with Crippen molar-refractivity contribution in [3.05, 3.63) is 54.1 Å². The van der Waals surface area contributed by atoms with Crippen LogP contribution in [0.15, 0.2) is 47.7 Å². The van der Waals surface area contributed by atoms with Crippen LogP contribution in [0.1, 0.15) is 12.5 Å². The van der Waals surface area contributed by atoms with Crippen molar-refractivity contribution in [2.45, 2.75) is 13.5 Å². The van der Waals surface area contributed by atoms with E-state index in [0.717, 1.165) is 5.56 Å². The summed E-state index contributed by atoms with van der Waals surface area (Å²) in [5, 5.41) is 3.23. The molecule has 1 saturated heterocycles. The third-order valence-electron chi connectivity index (χ3n) is 4.94. The van der Waals surface area contributed by atoms with Gasteiger partial charge in [0.15, 0.2) is 17.5 Å². The summed E-state index contributed by atoms with van der Waals surface area (Å²) in [5.74, 6) is 0.605. The Morgan fingerprint density at radius 3 is 2.80 bits per heavy atom. The van der Waals surface area contributed by atoms with Crippen molar-refractivity contribution in [3.63, 3.8) is 0 Å². The number of hydrogen-bond acceptors (Lipinski definition) is 5. The topological polar surface area (TPSA) is 76.1 Å². The normalized spacial score (nSPS) is 18.5. The number of esters is 1. The number of ether oxygens (including phenoxy) is 2. The highest BCUT2D eigenvalue weighted by Gasteiger charge is 2.36. The number of aromatic nitrogens is 1. The molecule has 9 heteroatoms. The zero-order valence-electron chi connectivity index (χ0n) is 17.2. The van der Waals surface area contributed by atoms with Gasteiger partial charge >= 0.3 is 5.97 Å². The van der Waals surface area contributed by atoms with Crippen molar-refractivity contribution in [2.75, 3.05) is 27.2 Å². The highest BCUT2D eigenvalue weighted by molar-refractivity contribution is 14.0. The summed E-state index contributed by atoms with van der Waals surface area (Å²) < 4.78 is 24.8. The fourth-order valence-electron chi connectivity index (χ4n) is 3.38. The number of halogens is 2. The average Bonchev–Trinajstić information content (AvgIpc) is 3.12. The second kappa shape index (κ2) is 11.1. The second-order valence-corrected chi connectivity index (χ2v) is 6.97. The number of nitrogens with one attached hydrogen (secondary N) is 1. The molecule has 7 nitrogen and oxygen atoms in total. The molecule has 0 radical (unpaired) electrons. The van der Waals surface area contributed by atoms with Crippen LogP contribution in [0.3, 0.4) is 0 Å². The van der Waals surface area contributed by atoms with E-state index < -0.39 is 5.82 Å². The molecule has 2 atom stereocenters. The number of carbonyl (C=O) groups is 1. The van der Waals surface area contributed by atoms with E-state index in [0.29, 0.717) is 31.3 Å². The molecule has 1 aliphatic rings. The minimum absolute atomic E-state index is 0. The molecular weight excluding hydrogens is 502 g/mol. The van der Waals surface area contributed by atoms with Crippen LogP contribution in [-0.2, 0) is 16.1 Å². The smallest absolute Gasteiger partial charge is 0.310 e. The Bertz CT molecular complexity index is 882. The summed E-state index contributed by atoms with van der Waals surface area (Å²) in [6.45, 7) is 3.65. The Morgan fingerprint density at radius 1 is 1.37 bits per heavy atom. The molecule has 0 aliphatic carbocycles. The number of aliphatic imine (C=N–C) groups is 1. The zero-order chi connectivity index (χ0) is 20.8. The first-order chi connectivity index (χ1) is 14.0. The molecule has 0 bridgehead atoms. The van der Waals surface area contributed by atoms with E-state index in [1.54, 1.807) is 37.5 Å². The molecule has 1 aliphatic heterocycles. The number of hydrogen-bond donors (Lipinski definition) is 1. The molecule has 1 aromatic heterocycles. The molecule has 0 saturated carbocycles. The van der Waals surface area contributed by atoms with Gasteiger partial charge in [0.05, 0.1) is 19.2 Å². The number of rotatable bonds is 5. The van der Waals surface area contributed by atoms with Crippen LogP contribution in [0.2, 0.25) is 0 Å². The molecule has 2 heterocycles. The number of pyridine rings is 1. The average molecular weight is 528 g/mol. The second-order valence-electron chi connectivity index (χ2n) is 6.97. The fraction of sp³-hybridized carbons (Fsp3) is 0.381. The van der Waals surface area contributed by atoms with Crippen LogP contribution < -0.4 is 10.1 Å². The van der Waals surface area contributed by atoms with Crippen LogP contribution in [0.5, 0.6) is 11.5 Å². The molecule has 30 heavy (non-hydrogen) atoms. The Morgan fingerprint density at radius 2 is 2.17 bits per heavy atom. The summed E-state index contributed by atoms with van der Waals surface area (Å²) in [6.07, 6.45) is 3.15. The van der Waals surface area contributed by atoms with Crippen LogP contribution in [0, 0.1) is 17.7 Å². The molecule has 162 valence electrons. The highest BCUT2D eigenvalue weighted by Crippen LogP contribution is 2.25. The van der Waals surface area contributed by atoms with Crippen LogP contribution in [-0.4, -0.2) is 49.1 Å². The molecule has 2 unspecified atom stereocenters. The third kappa shape index (κ3) is 5.80. The number of likely N-dealkylation sites (tertiary alicyclic amines) is 1. The summed E-state index contributed by atoms with van der Waals surface area (Å²) in [6, 6.07) is 8.24. The molecule has 0 amide bonds. The van der Waals surface area contributed by atoms with Gasteiger partial charge in [-0.05, 0) is 35.7 Å². The van der Waals surface area contributed by atoms with Gasteiger partial charge in [-0.15, -0.1) is 24.0 Å². The molecule has 1 N–H and O–H groups in total. The van der Waals surface area contributed by atoms with Crippen LogP contribution in [0.4, 0.5) is 4.39 Å². The SMILES string of the molecule is CN=C(NCc1ccc(Oc2cccnc2)c(F)c1)N1CC(C)C(C(=O)OC)C1.I. The van der Waals surface area contributed by atoms with E-state index >= 15 is 0 Å². The first-order valence-corrected chi connectivity index (χ1v) is 9.41. The minimum atomic E-state index is -0.455. The van der Waals surface area contributed by atoms with Crippen LogP contribution >= 0.6 is 24.0 Å². The lowest BCUT2D eigenvalue weighted by Crippen LogP contribution is -2.40. The van der Waals surface area contributed by atoms with Gasteiger partial charge in [0.2, 0.25) is 0 Å². The van der Waals surface area contributed by atoms with E-state index in [4.69, 9.17) is 9.47 Å². The van der Waals surface area contributed by atoms with Crippen molar-refractivity contribution in [1.82, 2.24) is 15.2 Å². The van der Waals surface area contributed by atoms with E-state index in [-0.39, 0.29) is 47.5 Å². The number of benzene rings is 1. The fourth-order valence-corrected chi connectivity index (χ4v) is 3.38. The van der Waals surface area contributed by atoms with Crippen molar-refractivity contribution >= 4 is 35.9 Å². The summed E-state index contributed by atoms with van der Waals surface area (Å²) >= 11 is 0. The van der Waals surface area contributed by atoms with Gasteiger partial charge in [-0.1, -0.05) is 13.0 Å². The maximum Gasteiger partial charge on any atom is 0.310 e. The van der Waals surface area contributed by atoms with Gasteiger partial charge in [0, 0.05) is 32.9 Å². The third-order valence-corrected chi connectivity index (χ3v) is 4.94. The van der Waals surface area contributed by atoms with Crippen molar-refractivity contribution in [2.24, 2.45) is 16.8 Å². The van der Waals surface area contributed by atoms with Gasteiger partial charge in [0.1, 0.15) is 5.75 Å². The monoisotopic (exact) mass is 528 g/mol. The molecule has 3 rings (SSSR count).